The van der Waals surface area contributed by atoms with Gasteiger partial charge >= 0.3 is 18.2 Å². The van der Waals surface area contributed by atoms with Crippen molar-refractivity contribution in [2.24, 2.45) is 0 Å². The predicted octanol–water partition coefficient (Wildman–Crippen LogP) is 3.20. The number of nitrogens with zero attached hydrogens (tertiary/aromatic N) is 1. The quantitative estimate of drug-likeness (QED) is 0.125. The minimum absolute atomic E-state index is 0.00176. The van der Waals surface area contributed by atoms with Crippen LogP contribution < -0.4 is 26.0 Å². The van der Waals surface area contributed by atoms with E-state index in [2.05, 4.69) is 41.9 Å². The van der Waals surface area contributed by atoms with Crippen molar-refractivity contribution in [3.8, 4) is 5.75 Å². The summed E-state index contributed by atoms with van der Waals surface area (Å²) in [6, 6.07) is 8.97. The van der Waals surface area contributed by atoms with Crippen molar-refractivity contribution in [1.29, 1.82) is 0 Å². The molecule has 0 radical (unpaired) electrons. The Hall–Kier alpha value is -5.45. The van der Waals surface area contributed by atoms with Crippen LogP contribution in [0.5, 0.6) is 5.75 Å². The fourth-order valence-corrected chi connectivity index (χ4v) is 6.18. The van der Waals surface area contributed by atoms with Crippen molar-refractivity contribution in [3.63, 3.8) is 0 Å². The number of carbonyl (C=O) groups excluding carboxylic acids is 7. The van der Waals surface area contributed by atoms with E-state index in [1.807, 2.05) is 18.2 Å². The van der Waals surface area contributed by atoms with Gasteiger partial charge in [-0.3, -0.25) is 24.0 Å². The zero-order chi connectivity index (χ0) is 40.1. The Balaban J connectivity index is 1.55. The Labute approximate surface area is 327 Å². The molecule has 5 amide bonds. The minimum Gasteiger partial charge on any atom is -0.468 e. The first kappa shape index (κ1) is 42.3. The van der Waals surface area contributed by atoms with Crippen LogP contribution in [0.3, 0.4) is 0 Å². The first-order chi connectivity index (χ1) is 26.1. The van der Waals surface area contributed by atoms with E-state index in [-0.39, 0.29) is 38.2 Å². The van der Waals surface area contributed by atoms with Crippen LogP contribution in [0.4, 0.5) is 9.59 Å². The van der Waals surface area contributed by atoms with Gasteiger partial charge in [0, 0.05) is 23.0 Å². The molecule has 4 rings (SSSR count). The summed E-state index contributed by atoms with van der Waals surface area (Å²) in [5.74, 6) is -3.05. The van der Waals surface area contributed by atoms with Crippen LogP contribution in [0.25, 0.3) is 0 Å². The number of benzene rings is 2. The van der Waals surface area contributed by atoms with Crippen LogP contribution in [0.15, 0.2) is 65.2 Å². The molecule has 296 valence electrons. The lowest BCUT2D eigenvalue weighted by Gasteiger charge is -2.30. The van der Waals surface area contributed by atoms with Gasteiger partial charge in [-0.15, -0.1) is 0 Å². The molecule has 0 aliphatic carbocycles. The molecule has 0 bridgehead atoms. The van der Waals surface area contributed by atoms with Crippen LogP contribution in [-0.4, -0.2) is 96.7 Å². The van der Waals surface area contributed by atoms with E-state index in [1.54, 1.807) is 51.1 Å². The minimum atomic E-state index is -1.23. The van der Waals surface area contributed by atoms with Gasteiger partial charge in [0.25, 0.3) is 0 Å². The molecule has 2 aromatic rings. The summed E-state index contributed by atoms with van der Waals surface area (Å²) in [7, 11) is 1.16. The maximum atomic E-state index is 13.9. The highest BCUT2D eigenvalue weighted by molar-refractivity contribution is 9.10. The van der Waals surface area contributed by atoms with E-state index in [9.17, 15) is 33.6 Å². The second-order valence-electron chi connectivity index (χ2n) is 13.8. The molecule has 2 aromatic carbocycles. The van der Waals surface area contributed by atoms with Crippen molar-refractivity contribution >= 4 is 57.8 Å². The highest BCUT2D eigenvalue weighted by Crippen LogP contribution is 2.22. The summed E-state index contributed by atoms with van der Waals surface area (Å²) >= 11 is 3.40. The molecule has 1 fully saturated rings. The third-order valence-corrected chi connectivity index (χ3v) is 9.28. The summed E-state index contributed by atoms with van der Waals surface area (Å²) in [6.07, 6.45) is 2.10. The molecular weight excluding hydrogens is 782 g/mol. The first-order valence-electron chi connectivity index (χ1n) is 17.7. The second-order valence-corrected chi connectivity index (χ2v) is 14.7. The lowest BCUT2D eigenvalue weighted by molar-refractivity contribution is -0.141. The summed E-state index contributed by atoms with van der Waals surface area (Å²) in [5.41, 5.74) is 0.473. The number of alkyl carbamates (subject to hydrolysis) is 1. The molecule has 0 spiro atoms. The van der Waals surface area contributed by atoms with Gasteiger partial charge in [-0.1, -0.05) is 58.4 Å². The van der Waals surface area contributed by atoms with Gasteiger partial charge in [-0.25, -0.2) is 9.59 Å². The number of nitrogens with one attached hydrogen (secondary N) is 4. The van der Waals surface area contributed by atoms with Crippen molar-refractivity contribution in [3.05, 3.63) is 76.3 Å². The molecule has 0 aromatic heterocycles. The fourth-order valence-electron chi connectivity index (χ4n) is 5.78. The Kier molecular flexibility index (Phi) is 15.2. The maximum Gasteiger partial charge on any atom is 0.514 e. The normalized spacial score (nSPS) is 21.1. The zero-order valence-corrected chi connectivity index (χ0v) is 32.6. The number of methoxy groups -OCH3 is 1. The SMILES string of the molecule is COC(=O)CNC(=O)[C@@H]1C/C=C/C[C@H](NC(=O)OC(C)(C)C)C(=O)N2CCC[C@H]2C(=O)N[C@@H](Cc2ccc(OC(=O)OCc3ccccc3Br)cc2)C(=O)N1. The van der Waals surface area contributed by atoms with Gasteiger partial charge in [0.15, 0.2) is 0 Å². The maximum absolute atomic E-state index is 13.9. The van der Waals surface area contributed by atoms with E-state index >= 15 is 0 Å². The summed E-state index contributed by atoms with van der Waals surface area (Å²) in [4.78, 5) is 93.0. The van der Waals surface area contributed by atoms with Gasteiger partial charge < -0.3 is 45.1 Å². The monoisotopic (exact) mass is 827 g/mol. The van der Waals surface area contributed by atoms with Gasteiger partial charge in [0.2, 0.25) is 23.6 Å². The third kappa shape index (κ3) is 13.1. The molecule has 2 aliphatic rings. The Morgan fingerprint density at radius 1 is 0.945 bits per heavy atom. The predicted molar refractivity (Wildman–Crippen MR) is 200 cm³/mol. The Bertz CT molecular complexity index is 1760. The van der Waals surface area contributed by atoms with Crippen LogP contribution >= 0.6 is 15.9 Å². The number of hydrogen-bond acceptors (Lipinski definition) is 11. The van der Waals surface area contributed by atoms with Crippen molar-refractivity contribution < 1.29 is 52.5 Å². The molecule has 16 nitrogen and oxygen atoms in total. The van der Waals surface area contributed by atoms with E-state index < -0.39 is 78.2 Å². The third-order valence-electron chi connectivity index (χ3n) is 8.51. The number of ether oxygens (including phenoxy) is 4. The molecule has 4 N–H and O–H groups in total. The molecule has 2 heterocycles. The molecule has 0 unspecified atom stereocenters. The van der Waals surface area contributed by atoms with E-state index in [0.717, 1.165) is 17.1 Å². The van der Waals surface area contributed by atoms with Crippen LogP contribution in [0, 0.1) is 0 Å². The average molecular weight is 829 g/mol. The number of amides is 5. The second kappa shape index (κ2) is 19.8. The smallest absolute Gasteiger partial charge is 0.468 e. The molecule has 4 atom stereocenters. The van der Waals surface area contributed by atoms with Gasteiger partial charge in [0.1, 0.15) is 48.7 Å². The largest absolute Gasteiger partial charge is 0.514 e. The summed E-state index contributed by atoms with van der Waals surface area (Å²) < 4.78 is 21.3. The van der Waals surface area contributed by atoms with E-state index in [0.29, 0.717) is 18.4 Å². The topological polar surface area (TPSA) is 208 Å². The van der Waals surface area contributed by atoms with Crippen molar-refractivity contribution in [2.75, 3.05) is 20.2 Å². The lowest BCUT2D eigenvalue weighted by atomic mass is 10.0. The van der Waals surface area contributed by atoms with E-state index in [4.69, 9.17) is 14.2 Å². The Morgan fingerprint density at radius 3 is 2.35 bits per heavy atom. The molecular formula is C38H46BrN5O11. The lowest BCUT2D eigenvalue weighted by Crippen LogP contribution is -2.58. The van der Waals surface area contributed by atoms with Crippen LogP contribution in [-0.2, 0) is 51.2 Å². The van der Waals surface area contributed by atoms with Crippen LogP contribution in [0.2, 0.25) is 0 Å². The number of carbonyl (C=O) groups is 7. The summed E-state index contributed by atoms with van der Waals surface area (Å²) in [5, 5.41) is 10.5. The highest BCUT2D eigenvalue weighted by Gasteiger charge is 2.39. The fraction of sp³-hybridized carbons (Fsp3) is 0.447. The van der Waals surface area contributed by atoms with Gasteiger partial charge in [0.05, 0.1) is 7.11 Å². The van der Waals surface area contributed by atoms with E-state index in [1.165, 1.54) is 17.0 Å². The average Bonchev–Trinajstić information content (AvgIpc) is 3.63. The molecule has 2 aliphatic heterocycles. The van der Waals surface area contributed by atoms with Gasteiger partial charge in [-0.2, -0.15) is 0 Å². The van der Waals surface area contributed by atoms with Gasteiger partial charge in [-0.05, 0) is 70.2 Å². The first-order valence-corrected chi connectivity index (χ1v) is 18.5. The molecule has 1 saturated heterocycles. The zero-order valence-electron chi connectivity index (χ0n) is 31.1. The van der Waals surface area contributed by atoms with Crippen molar-refractivity contribution in [2.45, 2.75) is 89.3 Å². The number of esters is 1. The number of fused-ring (bicyclic) bond motifs is 1. The highest BCUT2D eigenvalue weighted by atomic mass is 79.9. The number of hydrogen-bond donors (Lipinski definition) is 4. The number of rotatable bonds is 9. The summed E-state index contributed by atoms with van der Waals surface area (Å²) in [6.45, 7) is 4.83. The van der Waals surface area contributed by atoms with Crippen molar-refractivity contribution in [1.82, 2.24) is 26.2 Å². The molecule has 0 saturated carbocycles. The molecule has 17 heteroatoms. The van der Waals surface area contributed by atoms with Crippen LogP contribution in [0.1, 0.15) is 57.6 Å². The molecule has 55 heavy (non-hydrogen) atoms. The number of halogens is 1. The standard InChI is InChI=1S/C38H46BrN5O11/c1-38(2,3)55-36(50)43-28-13-8-7-12-27(32(46)40-21-31(45)52-4)41-33(47)29(42-34(48)30-14-9-19-44(30)35(28)49)20-23-15-17-25(18-16-23)54-37(51)53-22-24-10-5-6-11-26(24)39/h5-8,10-11,15-18,27-30H,9,12-14,19-22H2,1-4H3,(H,40,46)(H,41,47)(H,42,48)(H,43,50)/b8-7+/t27-,28-,29-,30-/m0/s1. The Morgan fingerprint density at radius 2 is 1.65 bits per heavy atom.